The maximum absolute atomic E-state index is 11.8. The van der Waals surface area contributed by atoms with Gasteiger partial charge >= 0.3 is 0 Å². The van der Waals surface area contributed by atoms with Crippen LogP contribution in [0.4, 0.5) is 0 Å². The number of hydrogen-bond acceptors (Lipinski definition) is 8. The number of ether oxygens (including phenoxy) is 2. The molecule has 0 saturated carbocycles. The summed E-state index contributed by atoms with van der Waals surface area (Å²) in [4.78, 5) is 23.0. The summed E-state index contributed by atoms with van der Waals surface area (Å²) in [5.41, 5.74) is 0. The van der Waals surface area contributed by atoms with Crippen LogP contribution in [0.3, 0.4) is 0 Å². The molecule has 6 N–H and O–H groups in total. The number of rotatable bonds is 6. The largest absolute Gasteiger partial charge is 0.394 e. The maximum atomic E-state index is 11.8. The molecule has 1 heterocycles. The molecule has 1 aliphatic rings. The Bertz CT molecular complexity index is 419. The molecule has 1 aliphatic heterocycles. The van der Waals surface area contributed by atoms with Gasteiger partial charge in [0.25, 0.3) is 0 Å². The van der Waals surface area contributed by atoms with Crippen molar-refractivity contribution in [2.24, 2.45) is 0 Å². The summed E-state index contributed by atoms with van der Waals surface area (Å²) in [5, 5.41) is 43.2. The second kappa shape index (κ2) is 8.52. The lowest BCUT2D eigenvalue weighted by Crippen LogP contribution is -2.61. The minimum Gasteiger partial charge on any atom is -0.394 e. The average molecular weight is 336 g/mol. The lowest BCUT2D eigenvalue weighted by Gasteiger charge is -2.41. The number of carbonyl (C=O) groups is 2. The predicted molar refractivity (Wildman–Crippen MR) is 76.0 cm³/mol. The molecule has 7 atom stereocenters. The van der Waals surface area contributed by atoms with Crippen LogP contribution in [0.15, 0.2) is 0 Å². The number of carbonyl (C=O) groups excluding carboxylic acids is 2. The summed E-state index contributed by atoms with van der Waals surface area (Å²) in [7, 11) is 1.39. The summed E-state index contributed by atoms with van der Waals surface area (Å²) < 4.78 is 10.6. The molecule has 2 amide bonds. The number of aliphatic hydroxyl groups excluding tert-OH is 4. The Labute approximate surface area is 133 Å². The third-order valence-electron chi connectivity index (χ3n) is 3.55. The van der Waals surface area contributed by atoms with E-state index in [-0.39, 0.29) is 0 Å². The SMILES string of the molecule is CNC(=O)[C@@H](NC(C)=O)[C@@H](C)O[C@@H]1O[C@H](CO)[C@@H](O)[C@H](O)[C@H]1O. The van der Waals surface area contributed by atoms with Crippen LogP contribution in [0.2, 0.25) is 0 Å². The van der Waals surface area contributed by atoms with Gasteiger partial charge in [-0.05, 0) is 6.92 Å². The third-order valence-corrected chi connectivity index (χ3v) is 3.55. The Balaban J connectivity index is 2.81. The second-order valence-electron chi connectivity index (χ2n) is 5.33. The monoisotopic (exact) mass is 336 g/mol. The summed E-state index contributed by atoms with van der Waals surface area (Å²) >= 11 is 0. The fourth-order valence-corrected chi connectivity index (χ4v) is 2.24. The number of amides is 2. The van der Waals surface area contributed by atoms with Crippen LogP contribution in [0, 0.1) is 0 Å². The molecule has 0 unspecified atom stereocenters. The second-order valence-corrected chi connectivity index (χ2v) is 5.33. The van der Waals surface area contributed by atoms with E-state index in [0.717, 1.165) is 0 Å². The van der Waals surface area contributed by atoms with E-state index in [1.807, 2.05) is 0 Å². The van der Waals surface area contributed by atoms with Gasteiger partial charge in [-0.3, -0.25) is 9.59 Å². The Morgan fingerprint density at radius 3 is 2.30 bits per heavy atom. The number of hydrogen-bond donors (Lipinski definition) is 6. The number of aliphatic hydroxyl groups is 4. The van der Waals surface area contributed by atoms with E-state index in [4.69, 9.17) is 14.6 Å². The number of likely N-dealkylation sites (N-methyl/N-ethyl adjacent to an activating group) is 1. The average Bonchev–Trinajstić information content (AvgIpc) is 2.51. The van der Waals surface area contributed by atoms with Crippen molar-refractivity contribution in [3.63, 3.8) is 0 Å². The molecule has 0 aromatic carbocycles. The Morgan fingerprint density at radius 1 is 1.22 bits per heavy atom. The highest BCUT2D eigenvalue weighted by atomic mass is 16.7. The molecule has 1 rings (SSSR count). The van der Waals surface area contributed by atoms with E-state index in [1.54, 1.807) is 0 Å². The Kier molecular flexibility index (Phi) is 7.32. The van der Waals surface area contributed by atoms with Crippen LogP contribution in [-0.4, -0.2) is 88.7 Å². The highest BCUT2D eigenvalue weighted by molar-refractivity contribution is 5.87. The number of nitrogens with one attached hydrogen (secondary N) is 2. The molecule has 10 heteroatoms. The van der Waals surface area contributed by atoms with Crippen LogP contribution in [0.1, 0.15) is 13.8 Å². The minimum absolute atomic E-state index is 0.456. The van der Waals surface area contributed by atoms with Gasteiger partial charge in [0.15, 0.2) is 6.29 Å². The lowest BCUT2D eigenvalue weighted by molar-refractivity contribution is -0.311. The van der Waals surface area contributed by atoms with Crippen molar-refractivity contribution in [3.05, 3.63) is 0 Å². The highest BCUT2D eigenvalue weighted by Crippen LogP contribution is 2.23. The van der Waals surface area contributed by atoms with Crippen LogP contribution in [0.25, 0.3) is 0 Å². The van der Waals surface area contributed by atoms with E-state index < -0.39 is 61.3 Å². The molecular formula is C13H24N2O8. The van der Waals surface area contributed by atoms with Crippen LogP contribution < -0.4 is 10.6 Å². The van der Waals surface area contributed by atoms with Crippen molar-refractivity contribution in [2.75, 3.05) is 13.7 Å². The zero-order valence-electron chi connectivity index (χ0n) is 13.2. The van der Waals surface area contributed by atoms with E-state index >= 15 is 0 Å². The van der Waals surface area contributed by atoms with Crippen molar-refractivity contribution in [1.29, 1.82) is 0 Å². The first kappa shape index (κ1) is 19.7. The molecule has 10 nitrogen and oxygen atoms in total. The van der Waals surface area contributed by atoms with Crippen molar-refractivity contribution >= 4 is 11.8 Å². The van der Waals surface area contributed by atoms with Gasteiger partial charge in [0.1, 0.15) is 30.5 Å². The summed E-state index contributed by atoms with van der Waals surface area (Å²) in [5.74, 6) is -0.972. The molecule has 23 heavy (non-hydrogen) atoms. The molecule has 134 valence electrons. The smallest absolute Gasteiger partial charge is 0.245 e. The summed E-state index contributed by atoms with van der Waals surface area (Å²) in [6.45, 7) is 2.11. The minimum atomic E-state index is -1.59. The fourth-order valence-electron chi connectivity index (χ4n) is 2.24. The normalized spacial score (nSPS) is 33.6. The first-order valence-corrected chi connectivity index (χ1v) is 7.17. The van der Waals surface area contributed by atoms with Crippen molar-refractivity contribution in [1.82, 2.24) is 10.6 Å². The van der Waals surface area contributed by atoms with Crippen molar-refractivity contribution in [2.45, 2.75) is 56.7 Å². The van der Waals surface area contributed by atoms with E-state index in [9.17, 15) is 24.9 Å². The molecule has 1 saturated heterocycles. The van der Waals surface area contributed by atoms with Gasteiger partial charge in [-0.25, -0.2) is 0 Å². The fraction of sp³-hybridized carbons (Fsp3) is 0.846. The van der Waals surface area contributed by atoms with Crippen molar-refractivity contribution in [3.8, 4) is 0 Å². The van der Waals surface area contributed by atoms with Gasteiger partial charge in [0.2, 0.25) is 11.8 Å². The van der Waals surface area contributed by atoms with E-state index in [0.29, 0.717) is 0 Å². The quantitative estimate of drug-likeness (QED) is 0.291. The first-order chi connectivity index (χ1) is 10.7. The Morgan fingerprint density at radius 2 is 1.83 bits per heavy atom. The maximum Gasteiger partial charge on any atom is 0.245 e. The molecule has 0 aliphatic carbocycles. The van der Waals surface area contributed by atoms with Gasteiger partial charge < -0.3 is 40.5 Å². The molecule has 0 spiro atoms. The summed E-state index contributed by atoms with van der Waals surface area (Å²) in [6, 6.07) is -1.05. The molecule has 0 radical (unpaired) electrons. The van der Waals surface area contributed by atoms with Crippen LogP contribution >= 0.6 is 0 Å². The Hall–Kier alpha value is -1.30. The van der Waals surface area contributed by atoms with Crippen LogP contribution in [-0.2, 0) is 19.1 Å². The van der Waals surface area contributed by atoms with Gasteiger partial charge in [0, 0.05) is 14.0 Å². The van der Waals surface area contributed by atoms with Gasteiger partial charge in [-0.15, -0.1) is 0 Å². The molecule has 0 bridgehead atoms. The highest BCUT2D eigenvalue weighted by Gasteiger charge is 2.45. The molecule has 0 aromatic rings. The first-order valence-electron chi connectivity index (χ1n) is 7.17. The molecule has 1 fully saturated rings. The predicted octanol–water partition coefficient (Wildman–Crippen LogP) is -3.56. The van der Waals surface area contributed by atoms with E-state index in [2.05, 4.69) is 10.6 Å². The zero-order chi connectivity index (χ0) is 17.7. The molecular weight excluding hydrogens is 312 g/mol. The van der Waals surface area contributed by atoms with Gasteiger partial charge in [0.05, 0.1) is 12.7 Å². The standard InChI is InChI=1S/C13H24N2O8/c1-5(8(12(21)14-3)15-6(2)17)22-13-11(20)10(19)9(18)7(4-16)23-13/h5,7-11,13,16,18-20H,4H2,1-3H3,(H,14,21)(H,15,17)/t5-,7-,8+,9-,10+,11-,13-/m1/s1. The molecule has 0 aromatic heterocycles. The third kappa shape index (κ3) is 4.83. The van der Waals surface area contributed by atoms with Gasteiger partial charge in [-0.1, -0.05) is 0 Å². The van der Waals surface area contributed by atoms with Crippen LogP contribution in [0.5, 0.6) is 0 Å². The van der Waals surface area contributed by atoms with Gasteiger partial charge in [-0.2, -0.15) is 0 Å². The zero-order valence-corrected chi connectivity index (χ0v) is 13.2. The van der Waals surface area contributed by atoms with E-state index in [1.165, 1.54) is 20.9 Å². The van der Waals surface area contributed by atoms with Crippen molar-refractivity contribution < 1.29 is 39.5 Å². The topological polar surface area (TPSA) is 158 Å². The lowest BCUT2D eigenvalue weighted by atomic mass is 9.99. The summed E-state index contributed by atoms with van der Waals surface area (Å²) in [6.07, 6.45) is -8.10.